The van der Waals surface area contributed by atoms with Gasteiger partial charge in [-0.25, -0.2) is 0 Å². The molecule has 0 saturated carbocycles. The Morgan fingerprint density at radius 1 is 1.33 bits per heavy atom. The summed E-state index contributed by atoms with van der Waals surface area (Å²) in [4.78, 5) is 0. The molecule has 0 saturated heterocycles. The fourth-order valence-corrected chi connectivity index (χ4v) is 3.07. The molecule has 0 fully saturated rings. The molecule has 0 bridgehead atoms. The lowest BCUT2D eigenvalue weighted by molar-refractivity contribution is 0.355. The largest absolute Gasteiger partial charge is 0.544 e. The molecule has 4 heteroatoms. The number of halogens is 1. The van der Waals surface area contributed by atoms with Gasteiger partial charge in [0.15, 0.2) is 0 Å². The lowest BCUT2D eigenvalue weighted by Crippen LogP contribution is -2.29. The summed E-state index contributed by atoms with van der Waals surface area (Å²) in [7, 11) is -1.52. The van der Waals surface area contributed by atoms with Crippen molar-refractivity contribution in [3.63, 3.8) is 0 Å². The summed E-state index contributed by atoms with van der Waals surface area (Å²) < 4.78 is 12.5. The number of fused-ring (bicyclic) bond motifs is 1. The first-order valence-corrected chi connectivity index (χ1v) is 9.30. The zero-order chi connectivity index (χ0) is 11.1. The number of hydrogen-bond acceptors (Lipinski definition) is 2. The van der Waals surface area contributed by atoms with Crippen LogP contribution in [-0.2, 0) is 6.42 Å². The molecule has 15 heavy (non-hydrogen) atoms. The van der Waals surface area contributed by atoms with Gasteiger partial charge < -0.3 is 9.16 Å². The summed E-state index contributed by atoms with van der Waals surface area (Å²) in [5, 5.41) is 0. The molecule has 0 amide bonds. The lowest BCUT2D eigenvalue weighted by Gasteiger charge is -2.20. The van der Waals surface area contributed by atoms with Gasteiger partial charge in [-0.2, -0.15) is 0 Å². The van der Waals surface area contributed by atoms with Crippen LogP contribution in [0.4, 0.5) is 0 Å². The van der Waals surface area contributed by atoms with E-state index in [1.165, 1.54) is 5.56 Å². The Bertz CT molecular complexity index is 385. The molecule has 2 nitrogen and oxygen atoms in total. The number of rotatable bonds is 2. The highest BCUT2D eigenvalue weighted by Gasteiger charge is 2.20. The Morgan fingerprint density at radius 3 is 2.73 bits per heavy atom. The van der Waals surface area contributed by atoms with Crippen LogP contribution < -0.4 is 9.16 Å². The van der Waals surface area contributed by atoms with Crippen LogP contribution in [-0.4, -0.2) is 14.9 Å². The molecule has 0 unspecified atom stereocenters. The first kappa shape index (κ1) is 11.0. The van der Waals surface area contributed by atoms with Gasteiger partial charge in [0, 0.05) is 12.0 Å². The highest BCUT2D eigenvalue weighted by Crippen LogP contribution is 2.37. The maximum atomic E-state index is 5.96. The third-order valence-corrected chi connectivity index (χ3v) is 3.57. The minimum atomic E-state index is -1.52. The van der Waals surface area contributed by atoms with E-state index in [9.17, 15) is 0 Å². The monoisotopic (exact) mass is 286 g/mol. The van der Waals surface area contributed by atoms with E-state index in [0.29, 0.717) is 0 Å². The molecule has 1 heterocycles. The Hall–Kier alpha value is -0.483. The molecule has 82 valence electrons. The number of benzene rings is 1. The van der Waals surface area contributed by atoms with Crippen LogP contribution in [0.25, 0.3) is 0 Å². The van der Waals surface area contributed by atoms with Gasteiger partial charge in [-0.05, 0) is 47.7 Å². The molecule has 1 aromatic rings. The van der Waals surface area contributed by atoms with Crippen LogP contribution in [0.5, 0.6) is 11.5 Å². The molecule has 0 spiro atoms. The van der Waals surface area contributed by atoms with E-state index in [2.05, 4.69) is 41.6 Å². The molecule has 0 aromatic heterocycles. The van der Waals surface area contributed by atoms with Crippen molar-refractivity contribution < 1.29 is 9.16 Å². The second-order valence-electron chi connectivity index (χ2n) is 4.71. The molecule has 0 aliphatic carbocycles. The average Bonchev–Trinajstić information content (AvgIpc) is 2.48. The van der Waals surface area contributed by atoms with Crippen LogP contribution in [0.15, 0.2) is 16.6 Å². The van der Waals surface area contributed by atoms with E-state index in [4.69, 9.17) is 9.16 Å². The molecule has 1 aliphatic rings. The summed E-state index contributed by atoms with van der Waals surface area (Å²) in [6.07, 6.45) is 0.983. The van der Waals surface area contributed by atoms with Crippen molar-refractivity contribution in [3.8, 4) is 11.5 Å². The van der Waals surface area contributed by atoms with Gasteiger partial charge in [0.05, 0.1) is 11.1 Å². The zero-order valence-corrected chi connectivity index (χ0v) is 11.8. The first-order valence-electron chi connectivity index (χ1n) is 5.10. The molecule has 0 atom stereocenters. The van der Waals surface area contributed by atoms with Gasteiger partial charge >= 0.3 is 0 Å². The smallest absolute Gasteiger partial charge is 0.242 e. The van der Waals surface area contributed by atoms with Crippen LogP contribution in [0.1, 0.15) is 5.56 Å². The molecule has 2 rings (SSSR count). The minimum absolute atomic E-state index is 0.782. The van der Waals surface area contributed by atoms with E-state index in [0.717, 1.165) is 29.0 Å². The summed E-state index contributed by atoms with van der Waals surface area (Å²) in [6.45, 7) is 7.34. The number of hydrogen-bond donors (Lipinski definition) is 0. The third kappa shape index (κ3) is 2.55. The van der Waals surface area contributed by atoms with Gasteiger partial charge in [-0.3, -0.25) is 0 Å². The second kappa shape index (κ2) is 3.83. The van der Waals surface area contributed by atoms with Crippen LogP contribution >= 0.6 is 15.9 Å². The summed E-state index contributed by atoms with van der Waals surface area (Å²) >= 11 is 3.52. The normalized spacial score (nSPS) is 14.7. The van der Waals surface area contributed by atoms with Gasteiger partial charge in [0.25, 0.3) is 0 Å². The third-order valence-electron chi connectivity index (χ3n) is 2.14. The molecule has 1 aliphatic heterocycles. The van der Waals surface area contributed by atoms with Gasteiger partial charge in [-0.15, -0.1) is 0 Å². The predicted molar refractivity (Wildman–Crippen MR) is 67.3 cm³/mol. The average molecular weight is 287 g/mol. The van der Waals surface area contributed by atoms with E-state index in [1.54, 1.807) is 0 Å². The van der Waals surface area contributed by atoms with Crippen molar-refractivity contribution in [3.05, 3.63) is 22.2 Å². The summed E-state index contributed by atoms with van der Waals surface area (Å²) in [5.74, 6) is 1.95. The second-order valence-corrected chi connectivity index (χ2v) is 9.99. The topological polar surface area (TPSA) is 18.5 Å². The van der Waals surface area contributed by atoms with Crippen molar-refractivity contribution in [1.29, 1.82) is 0 Å². The summed E-state index contributed by atoms with van der Waals surface area (Å²) in [5.41, 5.74) is 1.25. The Balaban J connectivity index is 2.32. The highest BCUT2D eigenvalue weighted by atomic mass is 79.9. The van der Waals surface area contributed by atoms with Gasteiger partial charge in [-0.1, -0.05) is 0 Å². The van der Waals surface area contributed by atoms with Crippen molar-refractivity contribution >= 4 is 24.2 Å². The number of ether oxygens (including phenoxy) is 1. The summed E-state index contributed by atoms with van der Waals surface area (Å²) in [6, 6.07) is 4.10. The van der Waals surface area contributed by atoms with Crippen molar-refractivity contribution in [2.45, 2.75) is 26.1 Å². The van der Waals surface area contributed by atoms with Crippen molar-refractivity contribution in [2.75, 3.05) is 6.61 Å². The maximum absolute atomic E-state index is 5.96. The van der Waals surface area contributed by atoms with E-state index < -0.39 is 8.32 Å². The zero-order valence-electron chi connectivity index (χ0n) is 9.26. The molecular formula is C11H15BrO2Si. The van der Waals surface area contributed by atoms with E-state index in [-0.39, 0.29) is 0 Å². The minimum Gasteiger partial charge on any atom is -0.544 e. The Labute approximate surface area is 99.8 Å². The van der Waals surface area contributed by atoms with Gasteiger partial charge in [0.2, 0.25) is 8.32 Å². The standard InChI is InChI=1S/C11H15BrO2Si/c1-15(2,3)14-9-6-8-4-5-13-11(8)10(12)7-9/h6-7H,4-5H2,1-3H3. The lowest BCUT2D eigenvalue weighted by atomic mass is 10.2. The molecule has 1 aromatic carbocycles. The van der Waals surface area contributed by atoms with Crippen molar-refractivity contribution in [1.82, 2.24) is 0 Å². The van der Waals surface area contributed by atoms with Crippen molar-refractivity contribution in [2.24, 2.45) is 0 Å². The quantitative estimate of drug-likeness (QED) is 0.774. The molecular weight excluding hydrogens is 272 g/mol. The maximum Gasteiger partial charge on any atom is 0.242 e. The molecule has 0 radical (unpaired) electrons. The fourth-order valence-electron chi connectivity index (χ4n) is 1.65. The van der Waals surface area contributed by atoms with E-state index in [1.807, 2.05) is 6.07 Å². The van der Waals surface area contributed by atoms with Crippen LogP contribution in [0.3, 0.4) is 0 Å². The Kier molecular flexibility index (Phi) is 2.81. The first-order chi connectivity index (χ1) is 6.96. The van der Waals surface area contributed by atoms with E-state index >= 15 is 0 Å². The van der Waals surface area contributed by atoms with Gasteiger partial charge in [0.1, 0.15) is 11.5 Å². The SMILES string of the molecule is C[Si](C)(C)Oc1cc(Br)c2c(c1)CCO2. The predicted octanol–water partition coefficient (Wildman–Crippen LogP) is 3.60. The van der Waals surface area contributed by atoms with Crippen LogP contribution in [0.2, 0.25) is 19.6 Å². The molecule has 0 N–H and O–H groups in total. The highest BCUT2D eigenvalue weighted by molar-refractivity contribution is 9.10. The Morgan fingerprint density at radius 2 is 2.07 bits per heavy atom. The fraction of sp³-hybridized carbons (Fsp3) is 0.455. The van der Waals surface area contributed by atoms with Crippen LogP contribution in [0, 0.1) is 0 Å².